The van der Waals surface area contributed by atoms with Gasteiger partial charge in [0.05, 0.1) is 11.2 Å². The molecule has 30 heavy (non-hydrogen) atoms. The number of rotatable bonds is 2. The summed E-state index contributed by atoms with van der Waals surface area (Å²) in [5.41, 5.74) is 10.9. The van der Waals surface area contributed by atoms with E-state index in [4.69, 9.17) is 16.6 Å². The average Bonchev–Trinajstić information content (AvgIpc) is 3.17. The highest BCUT2D eigenvalue weighted by molar-refractivity contribution is 6.31. The van der Waals surface area contributed by atoms with Crippen LogP contribution in [0.15, 0.2) is 97.1 Å². The second kappa shape index (κ2) is 6.83. The molecule has 0 bridgehead atoms. The first-order valence-corrected chi connectivity index (χ1v) is 10.5. The van der Waals surface area contributed by atoms with E-state index < -0.39 is 0 Å². The van der Waals surface area contributed by atoms with E-state index >= 15 is 0 Å². The lowest BCUT2D eigenvalue weighted by atomic mass is 9.97. The number of hydrogen-bond donors (Lipinski definition) is 0. The van der Waals surface area contributed by atoms with Crippen LogP contribution in [-0.2, 0) is 6.42 Å². The Morgan fingerprint density at radius 1 is 0.600 bits per heavy atom. The Labute approximate surface area is 180 Å². The second-order valence-electron chi connectivity index (χ2n) is 7.79. The lowest BCUT2D eigenvalue weighted by Gasteiger charge is -2.12. The normalized spacial score (nSPS) is 12.0. The van der Waals surface area contributed by atoms with Crippen LogP contribution in [-0.4, -0.2) is 4.98 Å². The maximum absolute atomic E-state index is 6.32. The Kier molecular flexibility index (Phi) is 3.97. The quantitative estimate of drug-likeness (QED) is 0.287. The summed E-state index contributed by atoms with van der Waals surface area (Å²) in [4.78, 5) is 4.99. The number of fused-ring (bicyclic) bond motifs is 4. The maximum atomic E-state index is 6.32. The van der Waals surface area contributed by atoms with Gasteiger partial charge in [0.2, 0.25) is 0 Å². The van der Waals surface area contributed by atoms with Crippen LogP contribution < -0.4 is 0 Å². The predicted molar refractivity (Wildman–Crippen MR) is 126 cm³/mol. The van der Waals surface area contributed by atoms with Crippen LogP contribution >= 0.6 is 11.6 Å². The van der Waals surface area contributed by atoms with Gasteiger partial charge in [-0.15, -0.1) is 0 Å². The lowest BCUT2D eigenvalue weighted by Crippen LogP contribution is -1.91. The minimum atomic E-state index is 0.726. The zero-order chi connectivity index (χ0) is 20.1. The Balaban J connectivity index is 1.54. The van der Waals surface area contributed by atoms with Crippen molar-refractivity contribution in [2.75, 3.05) is 0 Å². The fourth-order valence-electron chi connectivity index (χ4n) is 4.51. The van der Waals surface area contributed by atoms with Crippen molar-refractivity contribution >= 4 is 22.5 Å². The Morgan fingerprint density at radius 3 is 2.30 bits per heavy atom. The first-order chi connectivity index (χ1) is 14.8. The zero-order valence-electron chi connectivity index (χ0n) is 16.3. The number of benzene rings is 4. The molecule has 0 aliphatic heterocycles. The third-order valence-corrected chi connectivity index (χ3v) is 6.18. The number of pyridine rings is 1. The van der Waals surface area contributed by atoms with E-state index in [-0.39, 0.29) is 0 Å². The van der Waals surface area contributed by atoms with E-state index in [0.29, 0.717) is 0 Å². The van der Waals surface area contributed by atoms with Crippen molar-refractivity contribution in [2.45, 2.75) is 6.42 Å². The largest absolute Gasteiger partial charge is 0.248 e. The number of aromatic nitrogens is 1. The first kappa shape index (κ1) is 17.4. The Hall–Kier alpha value is -3.42. The molecule has 0 atom stereocenters. The smallest absolute Gasteiger partial charge is 0.0716 e. The molecule has 0 radical (unpaired) electrons. The zero-order valence-corrected chi connectivity index (χ0v) is 17.0. The van der Waals surface area contributed by atoms with Crippen molar-refractivity contribution in [3.8, 4) is 33.5 Å². The molecule has 5 aromatic rings. The monoisotopic (exact) mass is 403 g/mol. The summed E-state index contributed by atoms with van der Waals surface area (Å²) < 4.78 is 0. The van der Waals surface area contributed by atoms with Gasteiger partial charge in [-0.3, -0.25) is 0 Å². The van der Waals surface area contributed by atoms with E-state index in [2.05, 4.69) is 72.8 Å². The van der Waals surface area contributed by atoms with Crippen molar-refractivity contribution < 1.29 is 0 Å². The van der Waals surface area contributed by atoms with Crippen LogP contribution in [0.1, 0.15) is 11.1 Å². The first-order valence-electron chi connectivity index (χ1n) is 10.1. The van der Waals surface area contributed by atoms with Crippen molar-refractivity contribution in [2.24, 2.45) is 0 Å². The highest BCUT2D eigenvalue weighted by Gasteiger charge is 2.19. The molecule has 1 aliphatic carbocycles. The summed E-state index contributed by atoms with van der Waals surface area (Å²) in [7, 11) is 0. The van der Waals surface area contributed by atoms with Gasteiger partial charge in [0.1, 0.15) is 0 Å². The van der Waals surface area contributed by atoms with E-state index in [1.807, 2.05) is 24.3 Å². The standard InChI is InChI=1S/C28H18ClN/c29-22-11-13-27-26(16-22)25(18-6-2-1-3-7-18)17-28(30-27)20-10-12-24-21(15-20)14-19-8-4-5-9-23(19)24/h1-13,15-17H,14H2. The maximum Gasteiger partial charge on any atom is 0.0716 e. The van der Waals surface area contributed by atoms with Crippen LogP contribution in [0.4, 0.5) is 0 Å². The minimum Gasteiger partial charge on any atom is -0.248 e. The number of hydrogen-bond acceptors (Lipinski definition) is 1. The molecular weight excluding hydrogens is 386 g/mol. The summed E-state index contributed by atoms with van der Waals surface area (Å²) >= 11 is 6.32. The second-order valence-corrected chi connectivity index (χ2v) is 8.22. The minimum absolute atomic E-state index is 0.726. The Morgan fingerprint density at radius 2 is 1.40 bits per heavy atom. The summed E-state index contributed by atoms with van der Waals surface area (Å²) in [5, 5.41) is 1.80. The summed E-state index contributed by atoms with van der Waals surface area (Å²) in [6, 6.07) is 34.0. The molecule has 0 spiro atoms. The van der Waals surface area contributed by atoms with Crippen LogP contribution in [0.25, 0.3) is 44.4 Å². The molecule has 1 aromatic heterocycles. The molecule has 142 valence electrons. The summed E-state index contributed by atoms with van der Waals surface area (Å²) in [5.74, 6) is 0. The van der Waals surface area contributed by atoms with Crippen molar-refractivity contribution in [1.82, 2.24) is 4.98 Å². The highest BCUT2D eigenvalue weighted by Crippen LogP contribution is 2.39. The molecule has 4 aromatic carbocycles. The van der Waals surface area contributed by atoms with Gasteiger partial charge in [-0.1, -0.05) is 78.3 Å². The van der Waals surface area contributed by atoms with Crippen LogP contribution in [0.2, 0.25) is 5.02 Å². The molecule has 0 amide bonds. The number of halogens is 1. The van der Waals surface area contributed by atoms with Gasteiger partial charge in [0.25, 0.3) is 0 Å². The van der Waals surface area contributed by atoms with Gasteiger partial charge in [-0.05, 0) is 70.1 Å². The number of nitrogens with zero attached hydrogens (tertiary/aromatic N) is 1. The van der Waals surface area contributed by atoms with Gasteiger partial charge < -0.3 is 0 Å². The van der Waals surface area contributed by atoms with E-state index in [9.17, 15) is 0 Å². The van der Waals surface area contributed by atoms with Gasteiger partial charge in [-0.2, -0.15) is 0 Å². The molecule has 0 N–H and O–H groups in total. The van der Waals surface area contributed by atoms with Crippen molar-refractivity contribution in [1.29, 1.82) is 0 Å². The van der Waals surface area contributed by atoms with Crippen LogP contribution in [0, 0.1) is 0 Å². The van der Waals surface area contributed by atoms with Crippen molar-refractivity contribution in [3.63, 3.8) is 0 Å². The molecule has 0 unspecified atom stereocenters. The third kappa shape index (κ3) is 2.82. The molecule has 2 heteroatoms. The highest BCUT2D eigenvalue weighted by atomic mass is 35.5. The SMILES string of the molecule is Clc1ccc2nc(-c3ccc4c(c3)Cc3ccccc3-4)cc(-c3ccccc3)c2c1. The van der Waals surface area contributed by atoms with Gasteiger partial charge in [-0.25, -0.2) is 4.98 Å². The van der Waals surface area contributed by atoms with E-state index in [1.54, 1.807) is 0 Å². The van der Waals surface area contributed by atoms with Crippen LogP contribution in [0.5, 0.6) is 0 Å². The van der Waals surface area contributed by atoms with Gasteiger partial charge in [0, 0.05) is 16.0 Å². The fourth-order valence-corrected chi connectivity index (χ4v) is 4.68. The third-order valence-electron chi connectivity index (χ3n) is 5.94. The molecular formula is C28H18ClN. The molecule has 0 saturated heterocycles. The van der Waals surface area contributed by atoms with Crippen LogP contribution in [0.3, 0.4) is 0 Å². The average molecular weight is 404 g/mol. The molecule has 1 aliphatic rings. The molecule has 1 nitrogen and oxygen atoms in total. The molecule has 1 heterocycles. The van der Waals surface area contributed by atoms with Crippen molar-refractivity contribution in [3.05, 3.63) is 113 Å². The van der Waals surface area contributed by atoms with Gasteiger partial charge in [0.15, 0.2) is 0 Å². The van der Waals surface area contributed by atoms with E-state index in [1.165, 1.54) is 27.8 Å². The van der Waals surface area contributed by atoms with E-state index in [0.717, 1.165) is 39.2 Å². The molecule has 6 rings (SSSR count). The molecule has 0 saturated carbocycles. The topological polar surface area (TPSA) is 12.9 Å². The lowest BCUT2D eigenvalue weighted by molar-refractivity contribution is 1.26. The summed E-state index contributed by atoms with van der Waals surface area (Å²) in [6.07, 6.45) is 0.980. The van der Waals surface area contributed by atoms with Gasteiger partial charge >= 0.3 is 0 Å². The fraction of sp³-hybridized carbons (Fsp3) is 0.0357. The molecule has 0 fully saturated rings. The Bertz CT molecular complexity index is 1420. The predicted octanol–water partition coefficient (Wildman–Crippen LogP) is 7.79. The summed E-state index contributed by atoms with van der Waals surface area (Å²) in [6.45, 7) is 0.